The minimum Gasteiger partial charge on any atom is -0.467 e. The second kappa shape index (κ2) is 6.70. The first kappa shape index (κ1) is 14.1. The van der Waals surface area contributed by atoms with Crippen molar-refractivity contribution < 1.29 is 8.95 Å². The Kier molecular flexibility index (Phi) is 5.57. The normalized spacial score (nSPS) is 14.1. The van der Waals surface area contributed by atoms with Gasteiger partial charge in [-0.1, -0.05) is 6.92 Å². The van der Waals surface area contributed by atoms with Crippen LogP contribution in [0.15, 0.2) is 0 Å². The van der Waals surface area contributed by atoms with Crippen LogP contribution in [0.2, 0.25) is 5.28 Å². The van der Waals surface area contributed by atoms with Crippen molar-refractivity contribution >= 4 is 28.3 Å². The molecule has 2 atom stereocenters. The number of rotatable bonds is 6. The lowest BCUT2D eigenvalue weighted by atomic mass is 10.3. The third-order valence-electron chi connectivity index (χ3n) is 2.17. The number of nitrogens with zero attached hydrogens (tertiary/aromatic N) is 3. The maximum Gasteiger partial charge on any atom is 0.322 e. The van der Waals surface area contributed by atoms with E-state index < -0.39 is 10.8 Å². The Morgan fingerprint density at radius 3 is 2.76 bits per heavy atom. The van der Waals surface area contributed by atoms with E-state index in [4.69, 9.17) is 16.3 Å². The van der Waals surface area contributed by atoms with E-state index in [1.54, 1.807) is 6.26 Å². The number of aromatic nitrogens is 3. The Morgan fingerprint density at radius 1 is 1.47 bits per heavy atom. The van der Waals surface area contributed by atoms with Crippen molar-refractivity contribution in [1.82, 2.24) is 15.0 Å². The van der Waals surface area contributed by atoms with E-state index in [1.807, 2.05) is 6.92 Å². The first-order valence-electron chi connectivity index (χ1n) is 5.04. The average molecular weight is 279 g/mol. The number of methoxy groups -OCH3 is 1. The van der Waals surface area contributed by atoms with E-state index in [0.717, 1.165) is 6.42 Å². The van der Waals surface area contributed by atoms with E-state index in [9.17, 15) is 4.21 Å². The van der Waals surface area contributed by atoms with Crippen LogP contribution in [0, 0.1) is 0 Å². The molecule has 0 aromatic carbocycles. The van der Waals surface area contributed by atoms with Gasteiger partial charge in [0.15, 0.2) is 0 Å². The largest absolute Gasteiger partial charge is 0.467 e. The molecule has 0 aliphatic heterocycles. The summed E-state index contributed by atoms with van der Waals surface area (Å²) < 4.78 is 16.0. The summed E-state index contributed by atoms with van der Waals surface area (Å²) in [5, 5.41) is 3.19. The van der Waals surface area contributed by atoms with Gasteiger partial charge in [0.2, 0.25) is 11.2 Å². The highest BCUT2D eigenvalue weighted by Crippen LogP contribution is 2.11. The molecule has 0 aliphatic rings. The highest BCUT2D eigenvalue weighted by atomic mass is 35.5. The molecule has 2 unspecified atom stereocenters. The van der Waals surface area contributed by atoms with E-state index in [1.165, 1.54) is 7.11 Å². The van der Waals surface area contributed by atoms with Gasteiger partial charge in [0.25, 0.3) is 0 Å². The topological polar surface area (TPSA) is 77.0 Å². The summed E-state index contributed by atoms with van der Waals surface area (Å²) in [6.45, 7) is 2.54. The van der Waals surface area contributed by atoms with Gasteiger partial charge in [0.05, 0.1) is 7.11 Å². The molecule has 1 aromatic heterocycles. The Bertz CT molecular complexity index is 405. The second-order valence-electron chi connectivity index (χ2n) is 3.44. The summed E-state index contributed by atoms with van der Waals surface area (Å²) in [5.74, 6) is 0.357. The Morgan fingerprint density at radius 2 is 2.18 bits per heavy atom. The van der Waals surface area contributed by atoms with Crippen LogP contribution in [0.5, 0.6) is 6.01 Å². The van der Waals surface area contributed by atoms with Crippen molar-refractivity contribution in [2.45, 2.75) is 18.6 Å². The van der Waals surface area contributed by atoms with Gasteiger partial charge in [-0.05, 0) is 18.0 Å². The van der Waals surface area contributed by atoms with Crippen LogP contribution in [-0.4, -0.2) is 44.3 Å². The van der Waals surface area contributed by atoms with Crippen molar-refractivity contribution in [3.8, 4) is 6.01 Å². The number of nitrogens with one attached hydrogen (secondary N) is 1. The molecule has 0 radical (unpaired) electrons. The van der Waals surface area contributed by atoms with Gasteiger partial charge in [0.1, 0.15) is 0 Å². The van der Waals surface area contributed by atoms with Crippen molar-refractivity contribution in [3.05, 3.63) is 5.28 Å². The van der Waals surface area contributed by atoms with Crippen LogP contribution in [0.1, 0.15) is 13.3 Å². The average Bonchev–Trinajstić information content (AvgIpc) is 2.27. The zero-order valence-electron chi connectivity index (χ0n) is 9.94. The molecule has 0 aliphatic carbocycles. The third kappa shape index (κ3) is 4.82. The van der Waals surface area contributed by atoms with Crippen molar-refractivity contribution in [2.75, 3.05) is 25.2 Å². The molecule has 17 heavy (non-hydrogen) atoms. The lowest BCUT2D eigenvalue weighted by Gasteiger charge is -2.09. The maximum atomic E-state index is 11.1. The summed E-state index contributed by atoms with van der Waals surface area (Å²) in [6.07, 6.45) is 2.45. The SMILES string of the molecule is COc1nc(Cl)nc(NCCC(C)S(C)=O)n1. The standard InChI is InChI=1S/C9H15ClN4O2S/c1-6(17(3)15)4-5-11-8-12-7(10)13-9(14-8)16-2/h6H,4-5H2,1-3H3,(H,11,12,13,14). The quantitative estimate of drug-likeness (QED) is 0.840. The van der Waals surface area contributed by atoms with Crippen LogP contribution >= 0.6 is 11.6 Å². The zero-order chi connectivity index (χ0) is 12.8. The number of ether oxygens (including phenoxy) is 1. The fourth-order valence-electron chi connectivity index (χ4n) is 1.06. The summed E-state index contributed by atoms with van der Waals surface area (Å²) in [4.78, 5) is 11.6. The fourth-order valence-corrected chi connectivity index (χ4v) is 1.66. The molecule has 0 saturated carbocycles. The molecule has 1 aromatic rings. The van der Waals surface area contributed by atoms with E-state index >= 15 is 0 Å². The van der Waals surface area contributed by atoms with Gasteiger partial charge < -0.3 is 10.1 Å². The van der Waals surface area contributed by atoms with Crippen LogP contribution in [0.4, 0.5) is 5.95 Å². The van der Waals surface area contributed by atoms with E-state index in [-0.39, 0.29) is 16.5 Å². The number of anilines is 1. The maximum absolute atomic E-state index is 11.1. The molecule has 0 amide bonds. The highest BCUT2D eigenvalue weighted by Gasteiger charge is 2.07. The molecule has 96 valence electrons. The molecule has 0 bridgehead atoms. The Labute approximate surface area is 108 Å². The van der Waals surface area contributed by atoms with E-state index in [0.29, 0.717) is 12.5 Å². The van der Waals surface area contributed by atoms with Gasteiger partial charge in [-0.2, -0.15) is 15.0 Å². The van der Waals surface area contributed by atoms with Crippen LogP contribution < -0.4 is 10.1 Å². The Hall–Kier alpha value is -0.950. The van der Waals surface area contributed by atoms with Gasteiger partial charge in [-0.25, -0.2) is 0 Å². The first-order chi connectivity index (χ1) is 8.02. The van der Waals surface area contributed by atoms with E-state index in [2.05, 4.69) is 20.3 Å². The molecule has 1 heterocycles. The minimum absolute atomic E-state index is 0.0754. The number of hydrogen-bond acceptors (Lipinski definition) is 6. The van der Waals surface area contributed by atoms with Gasteiger partial charge in [-0.15, -0.1) is 0 Å². The number of hydrogen-bond donors (Lipinski definition) is 1. The molecule has 0 fully saturated rings. The van der Waals surface area contributed by atoms with Crippen LogP contribution in [0.25, 0.3) is 0 Å². The van der Waals surface area contributed by atoms with Gasteiger partial charge >= 0.3 is 6.01 Å². The fraction of sp³-hybridized carbons (Fsp3) is 0.667. The second-order valence-corrected chi connectivity index (χ2v) is 5.58. The summed E-state index contributed by atoms with van der Waals surface area (Å²) in [7, 11) is 0.634. The van der Waals surface area contributed by atoms with Crippen molar-refractivity contribution in [3.63, 3.8) is 0 Å². The molecule has 0 saturated heterocycles. The van der Waals surface area contributed by atoms with Crippen LogP contribution in [0.3, 0.4) is 0 Å². The molecule has 8 heteroatoms. The predicted molar refractivity (Wildman–Crippen MR) is 68.0 cm³/mol. The Balaban J connectivity index is 2.51. The van der Waals surface area contributed by atoms with Gasteiger partial charge in [-0.3, -0.25) is 4.21 Å². The predicted octanol–water partition coefficient (Wildman–Crippen LogP) is 1.10. The lowest BCUT2D eigenvalue weighted by Crippen LogP contribution is -2.16. The zero-order valence-corrected chi connectivity index (χ0v) is 11.5. The molecule has 1 rings (SSSR count). The van der Waals surface area contributed by atoms with Gasteiger partial charge in [0, 0.05) is 28.9 Å². The summed E-state index contributed by atoms with van der Waals surface area (Å²) in [5.41, 5.74) is 0. The molecule has 1 N–H and O–H groups in total. The summed E-state index contributed by atoms with van der Waals surface area (Å²) in [6, 6.07) is 0.166. The van der Waals surface area contributed by atoms with Crippen molar-refractivity contribution in [2.24, 2.45) is 0 Å². The number of halogens is 1. The molecular weight excluding hydrogens is 264 g/mol. The molecular formula is C9H15ClN4O2S. The van der Waals surface area contributed by atoms with Crippen molar-refractivity contribution in [1.29, 1.82) is 0 Å². The monoisotopic (exact) mass is 278 g/mol. The minimum atomic E-state index is -0.823. The lowest BCUT2D eigenvalue weighted by molar-refractivity contribution is 0.379. The smallest absolute Gasteiger partial charge is 0.322 e. The summed E-state index contributed by atoms with van der Waals surface area (Å²) >= 11 is 5.69. The molecule has 0 spiro atoms. The highest BCUT2D eigenvalue weighted by molar-refractivity contribution is 7.84. The first-order valence-corrected chi connectivity index (χ1v) is 7.04. The van der Waals surface area contributed by atoms with Crippen LogP contribution in [-0.2, 0) is 10.8 Å². The molecule has 6 nitrogen and oxygen atoms in total. The third-order valence-corrected chi connectivity index (χ3v) is 3.71.